The fourth-order valence-corrected chi connectivity index (χ4v) is 3.31. The van der Waals surface area contributed by atoms with Crippen molar-refractivity contribution in [1.82, 2.24) is 0 Å². The quantitative estimate of drug-likeness (QED) is 0.869. The maximum atomic E-state index is 6.35. The molecule has 5 heteroatoms. The van der Waals surface area contributed by atoms with E-state index >= 15 is 0 Å². The zero-order valence-electron chi connectivity index (χ0n) is 11.6. The Morgan fingerprint density at radius 1 is 1.24 bits per heavy atom. The van der Waals surface area contributed by atoms with Gasteiger partial charge in [-0.15, -0.1) is 0 Å². The summed E-state index contributed by atoms with van der Waals surface area (Å²) in [6.45, 7) is 2.72. The molecule has 108 valence electrons. The van der Waals surface area contributed by atoms with Gasteiger partial charge >= 0.3 is 0 Å². The maximum Gasteiger partial charge on any atom is 0.196 e. The van der Waals surface area contributed by atoms with Gasteiger partial charge in [-0.1, -0.05) is 51.8 Å². The molecule has 1 aliphatic heterocycles. The molecule has 1 atom stereocenters. The van der Waals surface area contributed by atoms with Crippen molar-refractivity contribution in [3.8, 4) is 0 Å². The first-order valence-electron chi connectivity index (χ1n) is 6.63. The minimum absolute atomic E-state index is 0.348. The number of rotatable bonds is 2. The number of para-hydroxylation sites is 1. The third-order valence-electron chi connectivity index (χ3n) is 3.81. The number of anilines is 1. The van der Waals surface area contributed by atoms with E-state index in [1.54, 1.807) is 0 Å². The molecule has 1 aliphatic rings. The van der Waals surface area contributed by atoms with Gasteiger partial charge in [-0.2, -0.15) is 0 Å². The van der Waals surface area contributed by atoms with Gasteiger partial charge < -0.3 is 5.73 Å². The summed E-state index contributed by atoms with van der Waals surface area (Å²) in [5, 5.41) is 0.666. The molecular weight excluding hydrogens is 350 g/mol. The summed E-state index contributed by atoms with van der Waals surface area (Å²) in [6.07, 6.45) is 0. The monoisotopic (exact) mass is 363 g/mol. The smallest absolute Gasteiger partial charge is 0.196 e. The molecule has 3 nitrogen and oxygen atoms in total. The highest BCUT2D eigenvalue weighted by atomic mass is 79.9. The SMILES string of the molecule is CC1(c2cccc(Br)c2)CN=C(N)N1c1ccccc1Cl. The van der Waals surface area contributed by atoms with E-state index in [0.29, 0.717) is 17.5 Å². The molecule has 1 unspecified atom stereocenters. The van der Waals surface area contributed by atoms with Crippen molar-refractivity contribution in [3.05, 3.63) is 63.6 Å². The van der Waals surface area contributed by atoms with E-state index in [1.807, 2.05) is 41.3 Å². The number of guanidine groups is 1. The first kappa shape index (κ1) is 14.4. The van der Waals surface area contributed by atoms with Gasteiger partial charge in [0.1, 0.15) is 0 Å². The summed E-state index contributed by atoms with van der Waals surface area (Å²) >= 11 is 9.88. The van der Waals surface area contributed by atoms with E-state index < -0.39 is 0 Å². The highest BCUT2D eigenvalue weighted by molar-refractivity contribution is 9.10. The molecule has 0 spiro atoms. The van der Waals surface area contributed by atoms with Gasteiger partial charge in [-0.05, 0) is 36.8 Å². The van der Waals surface area contributed by atoms with Gasteiger partial charge in [0.25, 0.3) is 0 Å². The summed E-state index contributed by atoms with van der Waals surface area (Å²) in [4.78, 5) is 6.45. The Bertz CT molecular complexity index is 716. The van der Waals surface area contributed by atoms with Crippen LogP contribution in [-0.2, 0) is 5.54 Å². The van der Waals surface area contributed by atoms with Gasteiger partial charge in [-0.3, -0.25) is 9.89 Å². The number of aliphatic imine (C=N–C) groups is 1. The summed E-state index contributed by atoms with van der Waals surface area (Å²) in [7, 11) is 0. The molecule has 0 saturated carbocycles. The number of hydrogen-bond donors (Lipinski definition) is 1. The zero-order valence-corrected chi connectivity index (χ0v) is 13.9. The first-order valence-corrected chi connectivity index (χ1v) is 7.80. The van der Waals surface area contributed by atoms with Crippen LogP contribution < -0.4 is 10.6 Å². The average molecular weight is 365 g/mol. The molecule has 2 aromatic carbocycles. The van der Waals surface area contributed by atoms with E-state index in [1.165, 1.54) is 0 Å². The molecule has 0 saturated heterocycles. The van der Waals surface area contributed by atoms with Gasteiger partial charge in [0.2, 0.25) is 0 Å². The minimum atomic E-state index is -0.348. The maximum absolute atomic E-state index is 6.35. The standard InChI is InChI=1S/C16H15BrClN3/c1-16(11-5-4-6-12(17)9-11)10-20-15(19)21(16)14-8-3-2-7-13(14)18/h2-9H,10H2,1H3,(H2,19,20). The Balaban J connectivity index is 2.13. The third-order valence-corrected chi connectivity index (χ3v) is 4.62. The van der Waals surface area contributed by atoms with Gasteiger partial charge in [0, 0.05) is 4.47 Å². The van der Waals surface area contributed by atoms with Crippen LogP contribution in [0.5, 0.6) is 0 Å². The topological polar surface area (TPSA) is 41.6 Å². The molecule has 0 radical (unpaired) electrons. The lowest BCUT2D eigenvalue weighted by Crippen LogP contribution is -2.47. The summed E-state index contributed by atoms with van der Waals surface area (Å²) < 4.78 is 1.03. The molecule has 2 N–H and O–H groups in total. The lowest BCUT2D eigenvalue weighted by Gasteiger charge is -2.37. The van der Waals surface area contributed by atoms with Crippen molar-refractivity contribution in [2.75, 3.05) is 11.4 Å². The Hall–Kier alpha value is -1.52. The van der Waals surface area contributed by atoms with E-state index in [9.17, 15) is 0 Å². The van der Waals surface area contributed by atoms with Gasteiger partial charge in [0.15, 0.2) is 5.96 Å². The van der Waals surface area contributed by atoms with Gasteiger partial charge in [0.05, 0.1) is 22.8 Å². The highest BCUT2D eigenvalue weighted by Crippen LogP contribution is 2.40. The zero-order chi connectivity index (χ0) is 15.0. The molecule has 3 rings (SSSR count). The number of halogens is 2. The van der Waals surface area contributed by atoms with Crippen LogP contribution in [0.2, 0.25) is 5.02 Å². The molecule has 21 heavy (non-hydrogen) atoms. The van der Waals surface area contributed by atoms with Crippen molar-refractivity contribution in [1.29, 1.82) is 0 Å². The normalized spacial score (nSPS) is 21.5. The Kier molecular flexibility index (Phi) is 3.68. The predicted molar refractivity (Wildman–Crippen MR) is 91.9 cm³/mol. The Labute approximate surface area is 137 Å². The van der Waals surface area contributed by atoms with Crippen molar-refractivity contribution in [3.63, 3.8) is 0 Å². The second kappa shape index (κ2) is 5.35. The predicted octanol–water partition coefficient (Wildman–Crippen LogP) is 4.15. The fraction of sp³-hybridized carbons (Fsp3) is 0.188. The number of nitrogens with zero attached hydrogens (tertiary/aromatic N) is 2. The Morgan fingerprint density at radius 2 is 2.00 bits per heavy atom. The van der Waals surface area contributed by atoms with Crippen molar-refractivity contribution >= 4 is 39.2 Å². The lowest BCUT2D eigenvalue weighted by atomic mass is 9.90. The van der Waals surface area contributed by atoms with Crippen molar-refractivity contribution in [2.24, 2.45) is 10.7 Å². The summed E-state index contributed by atoms with van der Waals surface area (Å²) in [5.41, 5.74) is 7.80. The number of benzene rings is 2. The average Bonchev–Trinajstić information content (AvgIpc) is 2.77. The molecule has 0 aromatic heterocycles. The molecule has 2 aromatic rings. The van der Waals surface area contributed by atoms with Crippen LogP contribution in [0, 0.1) is 0 Å². The van der Waals surface area contributed by atoms with Crippen LogP contribution >= 0.6 is 27.5 Å². The largest absolute Gasteiger partial charge is 0.369 e. The molecule has 1 heterocycles. The van der Waals surface area contributed by atoms with Crippen LogP contribution in [0.1, 0.15) is 12.5 Å². The fourth-order valence-electron chi connectivity index (χ4n) is 2.70. The molecule has 0 amide bonds. The van der Waals surface area contributed by atoms with Crippen LogP contribution in [0.4, 0.5) is 5.69 Å². The lowest BCUT2D eigenvalue weighted by molar-refractivity contribution is 0.532. The third kappa shape index (κ3) is 2.43. The molecule has 0 fully saturated rings. The Morgan fingerprint density at radius 3 is 2.71 bits per heavy atom. The highest BCUT2D eigenvalue weighted by Gasteiger charge is 2.41. The van der Waals surface area contributed by atoms with Crippen LogP contribution in [0.3, 0.4) is 0 Å². The first-order chi connectivity index (χ1) is 10.0. The molecule has 0 bridgehead atoms. The van der Waals surface area contributed by atoms with Crippen LogP contribution in [-0.4, -0.2) is 12.5 Å². The molecular formula is C16H15BrClN3. The minimum Gasteiger partial charge on any atom is -0.369 e. The van der Waals surface area contributed by atoms with Crippen molar-refractivity contribution < 1.29 is 0 Å². The summed E-state index contributed by atoms with van der Waals surface area (Å²) in [5.74, 6) is 0.491. The molecule has 0 aliphatic carbocycles. The number of nitrogens with two attached hydrogens (primary N) is 1. The summed E-state index contributed by atoms with van der Waals surface area (Å²) in [6, 6.07) is 15.9. The van der Waals surface area contributed by atoms with E-state index in [2.05, 4.69) is 40.0 Å². The van der Waals surface area contributed by atoms with Crippen molar-refractivity contribution in [2.45, 2.75) is 12.5 Å². The van der Waals surface area contributed by atoms with E-state index in [-0.39, 0.29) is 5.54 Å². The second-order valence-corrected chi connectivity index (χ2v) is 6.57. The van der Waals surface area contributed by atoms with Gasteiger partial charge in [-0.25, -0.2) is 0 Å². The van der Waals surface area contributed by atoms with E-state index in [0.717, 1.165) is 15.7 Å². The number of hydrogen-bond acceptors (Lipinski definition) is 3. The van der Waals surface area contributed by atoms with Crippen LogP contribution in [0.25, 0.3) is 0 Å². The van der Waals surface area contributed by atoms with E-state index in [4.69, 9.17) is 17.3 Å². The second-order valence-electron chi connectivity index (χ2n) is 5.25. The van der Waals surface area contributed by atoms with Crippen LogP contribution in [0.15, 0.2) is 58.0 Å².